The molecule has 2 N–H and O–H groups in total. The maximum absolute atomic E-state index is 13.3. The van der Waals surface area contributed by atoms with Gasteiger partial charge in [0, 0.05) is 43.9 Å². The quantitative estimate of drug-likeness (QED) is 0.737. The van der Waals surface area contributed by atoms with Gasteiger partial charge in [-0.3, -0.25) is 0 Å². The highest BCUT2D eigenvalue weighted by molar-refractivity contribution is 5.71. The second-order valence-electron chi connectivity index (χ2n) is 8.53. The van der Waals surface area contributed by atoms with Gasteiger partial charge in [-0.1, -0.05) is 24.4 Å². The molecular weight excluding hydrogens is 411 g/mol. The van der Waals surface area contributed by atoms with E-state index in [1.54, 1.807) is 6.92 Å². The van der Waals surface area contributed by atoms with Gasteiger partial charge in [0.1, 0.15) is 5.82 Å². The third-order valence-electron chi connectivity index (χ3n) is 6.27. The highest BCUT2D eigenvalue weighted by Crippen LogP contribution is 2.37. The average molecular weight is 439 g/mol. The molecule has 0 spiro atoms. The second kappa shape index (κ2) is 9.12. The molecule has 0 radical (unpaired) electrons. The maximum atomic E-state index is 13.3. The van der Waals surface area contributed by atoms with E-state index in [9.17, 15) is 18.3 Å². The summed E-state index contributed by atoms with van der Waals surface area (Å²) in [4.78, 5) is 10.2. The minimum atomic E-state index is -4.53. The molecule has 2 aliphatic rings. The van der Waals surface area contributed by atoms with Crippen LogP contribution >= 0.6 is 0 Å². The summed E-state index contributed by atoms with van der Waals surface area (Å²) < 4.78 is 45.0. The van der Waals surface area contributed by atoms with E-state index in [1.165, 1.54) is 19.3 Å². The van der Waals surface area contributed by atoms with Crippen molar-refractivity contribution in [3.05, 3.63) is 23.7 Å². The van der Waals surface area contributed by atoms with Gasteiger partial charge in [-0.15, -0.1) is 0 Å². The lowest BCUT2D eigenvalue weighted by molar-refractivity contribution is -0.137. The molecule has 0 amide bonds. The molecule has 10 heteroatoms. The predicted octanol–water partition coefficient (Wildman–Crippen LogP) is 3.57. The van der Waals surface area contributed by atoms with Crippen molar-refractivity contribution in [1.29, 1.82) is 0 Å². The molecule has 2 fully saturated rings. The molecular formula is C21H28F3N5O2. The number of aryl methyl sites for hydroxylation is 1. The fraction of sp³-hybridized carbons (Fsp3) is 0.667. The molecule has 4 rings (SSSR count). The lowest BCUT2D eigenvalue weighted by Crippen LogP contribution is -2.53. The van der Waals surface area contributed by atoms with Gasteiger partial charge < -0.3 is 19.8 Å². The summed E-state index contributed by atoms with van der Waals surface area (Å²) in [5.41, 5.74) is -0.708. The third kappa shape index (κ3) is 5.01. The summed E-state index contributed by atoms with van der Waals surface area (Å²) in [5, 5.41) is 17.4. The molecule has 2 unspecified atom stereocenters. The van der Waals surface area contributed by atoms with E-state index >= 15 is 0 Å². The number of alkyl halides is 3. The number of nitrogens with one attached hydrogen (secondary N) is 1. The molecule has 2 aromatic heterocycles. The van der Waals surface area contributed by atoms with Crippen molar-refractivity contribution < 1.29 is 22.8 Å². The Balaban J connectivity index is 1.57. The summed E-state index contributed by atoms with van der Waals surface area (Å²) in [6, 6.07) is 1.66. The van der Waals surface area contributed by atoms with Gasteiger partial charge in [-0.05, 0) is 32.3 Å². The normalized spacial score (nSPS) is 23.3. The van der Waals surface area contributed by atoms with Gasteiger partial charge in [0.25, 0.3) is 5.89 Å². The van der Waals surface area contributed by atoms with Gasteiger partial charge in [0.15, 0.2) is 5.82 Å². The molecule has 1 aliphatic carbocycles. The van der Waals surface area contributed by atoms with Crippen molar-refractivity contribution in [3.8, 4) is 11.5 Å². The summed E-state index contributed by atoms with van der Waals surface area (Å²) in [7, 11) is 0. The predicted molar refractivity (Wildman–Crippen MR) is 108 cm³/mol. The number of nitrogens with zero attached hydrogens (tertiary/aromatic N) is 4. The van der Waals surface area contributed by atoms with Crippen LogP contribution in [0.15, 0.2) is 16.8 Å². The number of halogens is 3. The average Bonchev–Trinajstić information content (AvgIpc) is 3.20. The second-order valence-corrected chi connectivity index (χ2v) is 8.53. The van der Waals surface area contributed by atoms with Crippen LogP contribution in [0.25, 0.3) is 11.5 Å². The van der Waals surface area contributed by atoms with E-state index in [-0.39, 0.29) is 30.0 Å². The number of aromatic nitrogens is 3. The van der Waals surface area contributed by atoms with E-state index in [2.05, 4.69) is 20.4 Å². The van der Waals surface area contributed by atoms with E-state index in [0.29, 0.717) is 30.8 Å². The Bertz CT molecular complexity index is 882. The van der Waals surface area contributed by atoms with Gasteiger partial charge in [-0.25, -0.2) is 4.98 Å². The topological polar surface area (TPSA) is 87.3 Å². The van der Waals surface area contributed by atoms with Crippen LogP contribution in [0.1, 0.15) is 49.9 Å². The van der Waals surface area contributed by atoms with Crippen LogP contribution in [0, 0.1) is 12.8 Å². The Hall–Kier alpha value is -2.20. The molecule has 2 atom stereocenters. The van der Waals surface area contributed by atoms with Gasteiger partial charge in [0.05, 0.1) is 11.1 Å². The number of hydrogen-bond donors (Lipinski definition) is 2. The Morgan fingerprint density at radius 1 is 1.23 bits per heavy atom. The standard InChI is InChI=1S/C21H28F3N5O2/c1-13-26-20(31-28-13)17-9-15(21(22,23)24)10-25-19(17)29-8-7-18(14(11-29)12-30)27-16-5-3-2-4-6-16/h9-10,14,16,18,27,30H,2-8,11-12H2,1H3. The number of aliphatic hydroxyl groups is 1. The first-order valence-corrected chi connectivity index (χ1v) is 10.8. The molecule has 0 aromatic carbocycles. The van der Waals surface area contributed by atoms with Crippen molar-refractivity contribution >= 4 is 5.82 Å². The summed E-state index contributed by atoms with van der Waals surface area (Å²) in [6.07, 6.45) is 3.11. The first kappa shape index (κ1) is 22.0. The van der Waals surface area contributed by atoms with Crippen LogP contribution in [-0.4, -0.2) is 52.0 Å². The van der Waals surface area contributed by atoms with E-state index < -0.39 is 11.7 Å². The van der Waals surface area contributed by atoms with E-state index in [1.807, 2.05) is 4.90 Å². The molecule has 3 heterocycles. The number of anilines is 1. The molecule has 2 aromatic rings. The fourth-order valence-corrected chi connectivity index (χ4v) is 4.63. The third-order valence-corrected chi connectivity index (χ3v) is 6.27. The molecule has 7 nitrogen and oxygen atoms in total. The van der Waals surface area contributed by atoms with E-state index in [0.717, 1.165) is 31.5 Å². The van der Waals surface area contributed by atoms with Crippen LogP contribution in [0.4, 0.5) is 19.0 Å². The van der Waals surface area contributed by atoms with Crippen molar-refractivity contribution in [3.63, 3.8) is 0 Å². The zero-order chi connectivity index (χ0) is 22.0. The summed E-state index contributed by atoms with van der Waals surface area (Å²) >= 11 is 0. The zero-order valence-corrected chi connectivity index (χ0v) is 17.5. The lowest BCUT2D eigenvalue weighted by Gasteiger charge is -2.41. The largest absolute Gasteiger partial charge is 0.417 e. The SMILES string of the molecule is Cc1noc(-c2cc(C(F)(F)F)cnc2N2CCC(NC3CCCCC3)C(CO)C2)n1. The fourth-order valence-electron chi connectivity index (χ4n) is 4.63. The monoisotopic (exact) mass is 439 g/mol. The van der Waals surface area contributed by atoms with Crippen LogP contribution in [-0.2, 0) is 6.18 Å². The molecule has 170 valence electrons. The molecule has 1 saturated heterocycles. The molecule has 31 heavy (non-hydrogen) atoms. The minimum Gasteiger partial charge on any atom is -0.396 e. The van der Waals surface area contributed by atoms with Crippen molar-refractivity contribution in [2.45, 2.75) is 63.7 Å². The van der Waals surface area contributed by atoms with E-state index in [4.69, 9.17) is 4.52 Å². The Labute approximate surface area is 179 Å². The number of pyridine rings is 1. The highest BCUT2D eigenvalue weighted by atomic mass is 19.4. The summed E-state index contributed by atoms with van der Waals surface area (Å²) in [5.74, 6) is 0.666. The maximum Gasteiger partial charge on any atom is 0.417 e. The van der Waals surface area contributed by atoms with Crippen molar-refractivity contribution in [2.75, 3.05) is 24.6 Å². The number of aliphatic hydroxyl groups excluding tert-OH is 1. The molecule has 1 aliphatic heterocycles. The van der Waals surface area contributed by atoms with Gasteiger partial charge in [-0.2, -0.15) is 18.2 Å². The number of rotatable bonds is 5. The van der Waals surface area contributed by atoms with Crippen molar-refractivity contribution in [2.24, 2.45) is 5.92 Å². The number of piperidine rings is 1. The van der Waals surface area contributed by atoms with Crippen LogP contribution in [0.3, 0.4) is 0 Å². The Morgan fingerprint density at radius 2 is 2.00 bits per heavy atom. The van der Waals surface area contributed by atoms with Gasteiger partial charge >= 0.3 is 6.18 Å². The first-order chi connectivity index (χ1) is 14.8. The van der Waals surface area contributed by atoms with Gasteiger partial charge in [0.2, 0.25) is 0 Å². The van der Waals surface area contributed by atoms with Crippen LogP contribution in [0.5, 0.6) is 0 Å². The highest BCUT2D eigenvalue weighted by Gasteiger charge is 2.36. The van der Waals surface area contributed by atoms with Crippen LogP contribution in [0.2, 0.25) is 0 Å². The molecule has 1 saturated carbocycles. The van der Waals surface area contributed by atoms with Crippen LogP contribution < -0.4 is 10.2 Å². The Morgan fingerprint density at radius 3 is 2.65 bits per heavy atom. The first-order valence-electron chi connectivity index (χ1n) is 10.8. The smallest absolute Gasteiger partial charge is 0.396 e. The lowest BCUT2D eigenvalue weighted by atomic mass is 9.89. The minimum absolute atomic E-state index is 0.00345. The Kier molecular flexibility index (Phi) is 6.47. The van der Waals surface area contributed by atoms with Crippen molar-refractivity contribution in [1.82, 2.24) is 20.4 Å². The number of hydrogen-bond acceptors (Lipinski definition) is 7. The molecule has 0 bridgehead atoms. The summed E-state index contributed by atoms with van der Waals surface area (Å²) in [6.45, 7) is 2.70. The zero-order valence-electron chi connectivity index (χ0n) is 17.5.